The van der Waals surface area contributed by atoms with Crippen LogP contribution in [0.1, 0.15) is 50.7 Å². The number of ether oxygens (including phenoxy) is 1. The molecule has 0 aliphatic rings. The molecule has 0 aliphatic carbocycles. The smallest absolute Gasteiger partial charge is 0.264 e. The van der Waals surface area contributed by atoms with E-state index in [1.165, 1.54) is 18.3 Å². The summed E-state index contributed by atoms with van der Waals surface area (Å²) in [5.41, 5.74) is 4.64. The number of para-hydroxylation sites is 1. The van der Waals surface area contributed by atoms with Gasteiger partial charge in [0.1, 0.15) is 12.3 Å². The number of amides is 1. The molecule has 0 heterocycles. The van der Waals surface area contributed by atoms with E-state index in [-0.39, 0.29) is 4.90 Å². The Hall–Kier alpha value is -3.65. The van der Waals surface area contributed by atoms with Gasteiger partial charge in [-0.25, -0.2) is 13.8 Å². The van der Waals surface area contributed by atoms with Crippen molar-refractivity contribution in [3.05, 3.63) is 90.0 Å². The molecule has 0 saturated heterocycles. The van der Waals surface area contributed by atoms with Gasteiger partial charge < -0.3 is 4.74 Å². The lowest BCUT2D eigenvalue weighted by molar-refractivity contribution is -0.119. The molecule has 0 aliphatic heterocycles. The minimum absolute atomic E-state index is 0.104. The van der Waals surface area contributed by atoms with E-state index in [2.05, 4.69) is 31.3 Å². The highest BCUT2D eigenvalue weighted by molar-refractivity contribution is 7.92. The van der Waals surface area contributed by atoms with E-state index in [9.17, 15) is 13.2 Å². The molecule has 0 aromatic heterocycles. The molecule has 3 aromatic rings. The number of hydrogen-bond donors (Lipinski definition) is 1. The third kappa shape index (κ3) is 7.18. The molecule has 7 nitrogen and oxygen atoms in total. The van der Waals surface area contributed by atoms with Crippen LogP contribution in [0.4, 0.5) is 5.69 Å². The second-order valence-electron chi connectivity index (χ2n) is 8.60. The number of nitrogens with zero attached hydrogens (tertiary/aromatic N) is 2. The SMILES string of the molecule is CCCCOc1ccccc1/C=N/NC(=O)CN(c1ccc(C(C)C)cc1)S(=O)(=O)c1ccccc1. The number of nitrogens with one attached hydrogen (secondary N) is 1. The van der Waals surface area contributed by atoms with Crippen LogP contribution in [-0.2, 0) is 14.8 Å². The Bertz CT molecular complexity index is 1260. The highest BCUT2D eigenvalue weighted by Crippen LogP contribution is 2.25. The third-order valence-corrected chi connectivity index (χ3v) is 7.32. The van der Waals surface area contributed by atoms with Crippen molar-refractivity contribution in [1.82, 2.24) is 5.43 Å². The van der Waals surface area contributed by atoms with E-state index in [0.29, 0.717) is 29.5 Å². The number of unbranched alkanes of at least 4 members (excludes halogenated alkanes) is 1. The summed E-state index contributed by atoms with van der Waals surface area (Å²) in [4.78, 5) is 12.9. The van der Waals surface area contributed by atoms with E-state index >= 15 is 0 Å². The summed E-state index contributed by atoms with van der Waals surface area (Å²) in [5, 5.41) is 4.04. The van der Waals surface area contributed by atoms with Gasteiger partial charge in [-0.3, -0.25) is 9.10 Å². The standard InChI is InChI=1S/C28H33N3O4S/c1-4-5-19-35-27-14-10-9-11-24(27)20-29-30-28(32)21-31(25-17-15-23(16-18-25)22(2)3)36(33,34)26-12-7-6-8-13-26/h6-18,20,22H,4-5,19,21H2,1-3H3,(H,30,32)/b29-20+. The van der Waals surface area contributed by atoms with E-state index in [1.54, 1.807) is 30.3 Å². The van der Waals surface area contributed by atoms with Crippen molar-refractivity contribution >= 4 is 27.8 Å². The maximum Gasteiger partial charge on any atom is 0.264 e. The van der Waals surface area contributed by atoms with Gasteiger partial charge >= 0.3 is 0 Å². The Morgan fingerprint density at radius 1 is 1.00 bits per heavy atom. The molecule has 0 saturated carbocycles. The highest BCUT2D eigenvalue weighted by atomic mass is 32.2. The third-order valence-electron chi connectivity index (χ3n) is 5.53. The van der Waals surface area contributed by atoms with Crippen molar-refractivity contribution in [3.8, 4) is 5.75 Å². The van der Waals surface area contributed by atoms with Gasteiger partial charge in [0.05, 0.1) is 23.4 Å². The Labute approximate surface area is 213 Å². The van der Waals surface area contributed by atoms with Crippen LogP contribution in [0.25, 0.3) is 0 Å². The molecular formula is C28H33N3O4S. The molecule has 8 heteroatoms. The summed E-state index contributed by atoms with van der Waals surface area (Å²) in [7, 11) is -3.98. The molecule has 0 spiro atoms. The Morgan fingerprint density at radius 2 is 1.67 bits per heavy atom. The maximum atomic E-state index is 13.4. The molecule has 1 N–H and O–H groups in total. The number of hydrazone groups is 1. The van der Waals surface area contributed by atoms with Crippen molar-refractivity contribution in [2.45, 2.75) is 44.4 Å². The predicted octanol–water partition coefficient (Wildman–Crippen LogP) is 5.33. The predicted molar refractivity (Wildman–Crippen MR) is 144 cm³/mol. The zero-order valence-electron chi connectivity index (χ0n) is 20.9. The van der Waals surface area contributed by atoms with E-state index in [0.717, 1.165) is 22.7 Å². The first-order valence-corrected chi connectivity index (χ1v) is 13.5. The van der Waals surface area contributed by atoms with Gasteiger partial charge in [0.25, 0.3) is 15.9 Å². The van der Waals surface area contributed by atoms with Gasteiger partial charge in [0.15, 0.2) is 0 Å². The number of hydrogen-bond acceptors (Lipinski definition) is 5. The van der Waals surface area contributed by atoms with Crippen LogP contribution in [-0.4, -0.2) is 33.7 Å². The number of sulfonamides is 1. The fourth-order valence-electron chi connectivity index (χ4n) is 3.44. The number of rotatable bonds is 12. The van der Waals surface area contributed by atoms with Crippen molar-refractivity contribution in [2.24, 2.45) is 5.10 Å². The van der Waals surface area contributed by atoms with Crippen molar-refractivity contribution in [2.75, 3.05) is 17.5 Å². The first-order valence-electron chi connectivity index (χ1n) is 12.0. The first kappa shape index (κ1) is 26.9. The van der Waals surface area contributed by atoms with Gasteiger partial charge in [-0.1, -0.05) is 69.7 Å². The van der Waals surface area contributed by atoms with Gasteiger partial charge in [-0.2, -0.15) is 5.10 Å². The summed E-state index contributed by atoms with van der Waals surface area (Å²) in [6.07, 6.45) is 3.45. The summed E-state index contributed by atoms with van der Waals surface area (Å²) < 4.78 is 33.8. The number of benzene rings is 3. The van der Waals surface area contributed by atoms with Crippen LogP contribution in [0.3, 0.4) is 0 Å². The van der Waals surface area contributed by atoms with Crippen LogP contribution >= 0.6 is 0 Å². The van der Waals surface area contributed by atoms with E-state index in [4.69, 9.17) is 4.74 Å². The van der Waals surface area contributed by atoms with E-state index in [1.807, 2.05) is 36.4 Å². The van der Waals surface area contributed by atoms with E-state index < -0.39 is 22.5 Å². The van der Waals surface area contributed by atoms with Gasteiger partial charge in [-0.15, -0.1) is 0 Å². The fourth-order valence-corrected chi connectivity index (χ4v) is 4.89. The molecule has 3 rings (SSSR count). The second kappa shape index (κ2) is 12.9. The van der Waals surface area contributed by atoms with Crippen molar-refractivity contribution in [1.29, 1.82) is 0 Å². The molecule has 0 atom stereocenters. The summed E-state index contributed by atoms with van der Waals surface area (Å²) in [5.74, 6) is 0.398. The molecule has 3 aromatic carbocycles. The van der Waals surface area contributed by atoms with Crippen LogP contribution < -0.4 is 14.5 Å². The molecule has 36 heavy (non-hydrogen) atoms. The minimum atomic E-state index is -3.98. The second-order valence-corrected chi connectivity index (χ2v) is 10.5. The molecule has 0 bridgehead atoms. The lowest BCUT2D eigenvalue weighted by Crippen LogP contribution is -2.39. The Morgan fingerprint density at radius 3 is 2.33 bits per heavy atom. The van der Waals surface area contributed by atoms with Gasteiger partial charge in [-0.05, 0) is 54.3 Å². The van der Waals surface area contributed by atoms with Crippen molar-refractivity contribution < 1.29 is 17.9 Å². The lowest BCUT2D eigenvalue weighted by Gasteiger charge is -2.24. The zero-order valence-corrected chi connectivity index (χ0v) is 21.7. The number of carbonyl (C=O) groups excluding carboxylic acids is 1. The Kier molecular flexibility index (Phi) is 9.64. The molecule has 190 valence electrons. The first-order chi connectivity index (χ1) is 17.3. The highest BCUT2D eigenvalue weighted by Gasteiger charge is 2.27. The van der Waals surface area contributed by atoms with Crippen LogP contribution in [0.15, 0.2) is 88.9 Å². The largest absolute Gasteiger partial charge is 0.493 e. The normalized spacial score (nSPS) is 11.6. The average Bonchev–Trinajstić information content (AvgIpc) is 2.89. The lowest BCUT2D eigenvalue weighted by atomic mass is 10.0. The van der Waals surface area contributed by atoms with Crippen molar-refractivity contribution in [3.63, 3.8) is 0 Å². The maximum absolute atomic E-state index is 13.4. The molecule has 0 fully saturated rings. The van der Waals surface area contributed by atoms with Crippen LogP contribution in [0.5, 0.6) is 5.75 Å². The molecular weight excluding hydrogens is 474 g/mol. The van der Waals surface area contributed by atoms with Crippen LogP contribution in [0, 0.1) is 0 Å². The topological polar surface area (TPSA) is 88.1 Å². The quantitative estimate of drug-likeness (QED) is 0.204. The zero-order chi connectivity index (χ0) is 26.0. The van der Waals surface area contributed by atoms with Gasteiger partial charge in [0.2, 0.25) is 0 Å². The fraction of sp³-hybridized carbons (Fsp3) is 0.286. The molecule has 1 amide bonds. The number of carbonyl (C=O) groups is 1. The summed E-state index contributed by atoms with van der Waals surface area (Å²) in [6.45, 7) is 6.38. The molecule has 0 radical (unpaired) electrons. The average molecular weight is 508 g/mol. The monoisotopic (exact) mass is 507 g/mol. The summed E-state index contributed by atoms with van der Waals surface area (Å²) >= 11 is 0. The summed E-state index contributed by atoms with van der Waals surface area (Å²) in [6, 6.07) is 22.6. The number of anilines is 1. The Balaban J connectivity index is 1.79. The molecule has 0 unspecified atom stereocenters. The minimum Gasteiger partial charge on any atom is -0.493 e. The van der Waals surface area contributed by atoms with Gasteiger partial charge in [0, 0.05) is 5.56 Å². The van der Waals surface area contributed by atoms with Crippen LogP contribution in [0.2, 0.25) is 0 Å².